The van der Waals surface area contributed by atoms with Crippen LogP contribution in [0.4, 0.5) is 0 Å². The van der Waals surface area contributed by atoms with E-state index in [1.54, 1.807) is 6.07 Å². The third kappa shape index (κ3) is 2.03. The topological polar surface area (TPSA) is 43.4 Å². The number of esters is 1. The van der Waals surface area contributed by atoms with Gasteiger partial charge in [-0.3, -0.25) is 4.79 Å². The van der Waals surface area contributed by atoms with Crippen LogP contribution in [0.1, 0.15) is 54.4 Å². The first-order valence-electron chi connectivity index (χ1n) is 9.02. The highest BCUT2D eigenvalue weighted by Gasteiger charge is 2.57. The van der Waals surface area contributed by atoms with Gasteiger partial charge in [-0.2, -0.15) is 0 Å². The minimum absolute atomic E-state index is 0.245. The second-order valence-electron chi connectivity index (χ2n) is 8.45. The predicted molar refractivity (Wildman–Crippen MR) is 90.1 cm³/mol. The summed E-state index contributed by atoms with van der Waals surface area (Å²) in [5, 5.41) is 0. The minimum atomic E-state index is -1.56. The Bertz CT molecular complexity index is 705. The maximum Gasteiger partial charge on any atom is 0.336 e. The number of rotatable bonds is 2. The molecule has 0 heterocycles. The van der Waals surface area contributed by atoms with Crippen molar-refractivity contribution in [3.8, 4) is 0 Å². The van der Waals surface area contributed by atoms with Crippen LogP contribution < -0.4 is 0 Å². The Morgan fingerprint density at radius 2 is 1.62 bits per heavy atom. The second kappa shape index (κ2) is 4.85. The van der Waals surface area contributed by atoms with Crippen molar-refractivity contribution in [2.75, 3.05) is 0 Å². The van der Waals surface area contributed by atoms with Crippen molar-refractivity contribution >= 4 is 23.4 Å². The van der Waals surface area contributed by atoms with Crippen LogP contribution in [0.25, 0.3) is 0 Å². The molecule has 0 N–H and O–H groups in total. The number of ether oxygens (including phenoxy) is 1. The summed E-state index contributed by atoms with van der Waals surface area (Å²) in [6, 6.07) is 7.30. The molecule has 0 amide bonds. The molecule has 5 aliphatic carbocycles. The van der Waals surface area contributed by atoms with Crippen molar-refractivity contribution in [1.29, 1.82) is 0 Å². The number of hydrogen-bond acceptors (Lipinski definition) is 3. The number of fused-ring (bicyclic) bond motifs is 1. The molecule has 0 radical (unpaired) electrons. The molecule has 0 spiro atoms. The molecule has 0 unspecified atom stereocenters. The normalized spacial score (nSPS) is 42.2. The van der Waals surface area contributed by atoms with Gasteiger partial charge in [0, 0.05) is 12.0 Å². The molecule has 126 valence electrons. The highest BCUT2D eigenvalue weighted by Crippen LogP contribution is 2.57. The van der Waals surface area contributed by atoms with Gasteiger partial charge in [-0.05, 0) is 61.8 Å². The molecule has 4 bridgehead atoms. The molecule has 4 fully saturated rings. The summed E-state index contributed by atoms with van der Waals surface area (Å²) in [6.07, 6.45) is 6.97. The van der Waals surface area contributed by atoms with Gasteiger partial charge in [0.2, 0.25) is 4.87 Å². The van der Waals surface area contributed by atoms with E-state index in [1.165, 1.54) is 19.3 Å². The first kappa shape index (κ1) is 14.9. The molecular weight excluding hydrogens is 324 g/mol. The molecule has 0 aliphatic heterocycles. The zero-order valence-corrected chi connectivity index (χ0v) is 14.3. The molecule has 3 nitrogen and oxygen atoms in total. The van der Waals surface area contributed by atoms with Gasteiger partial charge in [-0.25, -0.2) is 4.79 Å². The van der Waals surface area contributed by atoms with Gasteiger partial charge in [-0.1, -0.05) is 35.9 Å². The third-order valence-corrected chi connectivity index (χ3v) is 7.13. The van der Waals surface area contributed by atoms with Crippen LogP contribution in [0.15, 0.2) is 24.3 Å². The summed E-state index contributed by atoms with van der Waals surface area (Å²) in [4.78, 5) is 24.1. The van der Waals surface area contributed by atoms with Crippen LogP contribution >= 0.6 is 11.6 Å². The van der Waals surface area contributed by atoms with Gasteiger partial charge in [-0.15, -0.1) is 0 Å². The van der Waals surface area contributed by atoms with E-state index in [0.29, 0.717) is 23.3 Å². The Labute approximate surface area is 146 Å². The summed E-state index contributed by atoms with van der Waals surface area (Å²) < 4.78 is 6.05. The van der Waals surface area contributed by atoms with Crippen LogP contribution in [0.2, 0.25) is 0 Å². The number of carbonyl (C=O) groups excluding carboxylic acids is 2. The SMILES string of the molecule is O=C(OC12CC3CC(CC(C3)C1)C2)[C@]1(Cl)Cc2ccccc2C1=O. The van der Waals surface area contributed by atoms with Gasteiger partial charge in [0.15, 0.2) is 5.78 Å². The van der Waals surface area contributed by atoms with Crippen LogP contribution in [0.5, 0.6) is 0 Å². The van der Waals surface area contributed by atoms with Gasteiger partial charge in [0.05, 0.1) is 0 Å². The van der Waals surface area contributed by atoms with E-state index >= 15 is 0 Å². The molecule has 1 atom stereocenters. The number of Topliss-reactive ketones (excluding diaryl/α,β-unsaturated/α-hetero) is 1. The molecule has 4 heteroatoms. The van der Waals surface area contributed by atoms with E-state index in [4.69, 9.17) is 16.3 Å². The Hall–Kier alpha value is -1.35. The van der Waals surface area contributed by atoms with Crippen molar-refractivity contribution in [2.45, 2.75) is 55.4 Å². The monoisotopic (exact) mass is 344 g/mol. The van der Waals surface area contributed by atoms with Crippen molar-refractivity contribution in [1.82, 2.24) is 0 Å². The largest absolute Gasteiger partial charge is 0.457 e. The number of hydrogen-bond donors (Lipinski definition) is 0. The fourth-order valence-electron chi connectivity index (χ4n) is 6.05. The zero-order valence-electron chi connectivity index (χ0n) is 13.6. The molecule has 0 saturated heterocycles. The molecule has 4 saturated carbocycles. The predicted octanol–water partition coefficient (Wildman–Crippen LogP) is 3.92. The lowest BCUT2D eigenvalue weighted by atomic mass is 9.54. The lowest BCUT2D eigenvalue weighted by Gasteiger charge is -2.56. The minimum Gasteiger partial charge on any atom is -0.457 e. The standard InChI is InChI=1S/C20H21ClO3/c21-20(11-15-3-1-2-4-16(15)17(20)22)18(23)24-19-8-12-5-13(9-19)7-14(6-12)10-19/h1-4,12-14H,5-11H2/t12?,13?,14?,19?,20-/m0/s1. The number of carbonyl (C=O) groups is 2. The van der Waals surface area contributed by atoms with E-state index in [1.807, 2.05) is 18.2 Å². The van der Waals surface area contributed by atoms with Crippen LogP contribution in [0, 0.1) is 17.8 Å². The van der Waals surface area contributed by atoms with Crippen LogP contribution in [0.3, 0.4) is 0 Å². The molecule has 1 aromatic rings. The van der Waals surface area contributed by atoms with Crippen LogP contribution in [-0.2, 0) is 16.0 Å². The van der Waals surface area contributed by atoms with E-state index < -0.39 is 10.8 Å². The quantitative estimate of drug-likeness (QED) is 0.464. The van der Waals surface area contributed by atoms with Gasteiger partial charge in [0.1, 0.15) is 5.60 Å². The number of alkyl halides is 1. The second-order valence-corrected chi connectivity index (χ2v) is 9.10. The highest BCUT2D eigenvalue weighted by atomic mass is 35.5. The summed E-state index contributed by atoms with van der Waals surface area (Å²) in [7, 11) is 0. The molecule has 24 heavy (non-hydrogen) atoms. The van der Waals surface area contributed by atoms with E-state index in [-0.39, 0.29) is 17.8 Å². The summed E-state index contributed by atoms with van der Waals surface area (Å²) in [5.41, 5.74) is 1.05. The zero-order chi connectivity index (χ0) is 16.5. The number of benzene rings is 1. The lowest BCUT2D eigenvalue weighted by molar-refractivity contribution is -0.188. The van der Waals surface area contributed by atoms with Crippen molar-refractivity contribution in [3.05, 3.63) is 35.4 Å². The Morgan fingerprint density at radius 1 is 1.04 bits per heavy atom. The van der Waals surface area contributed by atoms with E-state index in [2.05, 4.69) is 0 Å². The van der Waals surface area contributed by atoms with Crippen LogP contribution in [-0.4, -0.2) is 22.2 Å². The first-order chi connectivity index (χ1) is 11.5. The molecule has 1 aromatic carbocycles. The molecule has 6 rings (SSSR count). The smallest absolute Gasteiger partial charge is 0.336 e. The average molecular weight is 345 g/mol. The third-order valence-electron chi connectivity index (χ3n) is 6.67. The Morgan fingerprint density at radius 3 is 2.21 bits per heavy atom. The fraction of sp³-hybridized carbons (Fsp3) is 0.600. The van der Waals surface area contributed by atoms with Crippen molar-refractivity contribution < 1.29 is 14.3 Å². The maximum absolute atomic E-state index is 13.0. The Balaban J connectivity index is 1.41. The summed E-state index contributed by atoms with van der Waals surface area (Å²) in [5.74, 6) is 1.24. The van der Waals surface area contributed by atoms with Gasteiger partial charge >= 0.3 is 5.97 Å². The maximum atomic E-state index is 13.0. The molecular formula is C20H21ClO3. The number of ketones is 1. The fourth-order valence-corrected chi connectivity index (χ4v) is 6.34. The molecule has 0 aromatic heterocycles. The highest BCUT2D eigenvalue weighted by molar-refractivity contribution is 6.49. The van der Waals surface area contributed by atoms with E-state index in [0.717, 1.165) is 24.8 Å². The number of halogens is 1. The van der Waals surface area contributed by atoms with Gasteiger partial charge in [0.25, 0.3) is 0 Å². The van der Waals surface area contributed by atoms with Gasteiger partial charge < -0.3 is 4.74 Å². The summed E-state index contributed by atoms with van der Waals surface area (Å²) >= 11 is 6.55. The van der Waals surface area contributed by atoms with Crippen molar-refractivity contribution in [3.63, 3.8) is 0 Å². The molecule has 5 aliphatic rings. The van der Waals surface area contributed by atoms with Crippen molar-refractivity contribution in [2.24, 2.45) is 17.8 Å². The van der Waals surface area contributed by atoms with E-state index in [9.17, 15) is 9.59 Å². The lowest BCUT2D eigenvalue weighted by Crippen LogP contribution is -2.55. The average Bonchev–Trinajstić information content (AvgIpc) is 2.78. The summed E-state index contributed by atoms with van der Waals surface area (Å²) in [6.45, 7) is 0. The first-order valence-corrected chi connectivity index (χ1v) is 9.40. The Kier molecular flexibility index (Phi) is 3.02.